The van der Waals surface area contributed by atoms with Gasteiger partial charge in [-0.1, -0.05) is 11.6 Å². The Labute approximate surface area is 205 Å². The van der Waals surface area contributed by atoms with Crippen molar-refractivity contribution in [3.8, 4) is 17.0 Å². The van der Waals surface area contributed by atoms with Crippen LogP contribution in [0.5, 0.6) is 5.75 Å². The number of rotatable bonds is 6. The molecule has 0 amide bonds. The molecule has 1 aromatic heterocycles. The van der Waals surface area contributed by atoms with Gasteiger partial charge in [-0.05, 0) is 57.4 Å². The number of pyridine rings is 1. The molecule has 0 spiro atoms. The van der Waals surface area contributed by atoms with E-state index < -0.39 is 11.9 Å². The highest BCUT2D eigenvalue weighted by Gasteiger charge is 2.45. The summed E-state index contributed by atoms with van der Waals surface area (Å²) in [6, 6.07) is 5.31. The first kappa shape index (κ1) is 23.7. The minimum Gasteiger partial charge on any atom is -0.492 e. The largest absolute Gasteiger partial charge is 0.492 e. The van der Waals surface area contributed by atoms with Crippen LogP contribution >= 0.6 is 23.4 Å². The average molecular weight is 510 g/mol. The Morgan fingerprint density at radius 2 is 1.97 bits per heavy atom. The van der Waals surface area contributed by atoms with Crippen molar-refractivity contribution in [2.75, 3.05) is 6.61 Å². The Hall–Kier alpha value is -2.06. The van der Waals surface area contributed by atoms with Crippen LogP contribution in [0, 0.1) is 5.92 Å². The van der Waals surface area contributed by atoms with E-state index in [-0.39, 0.29) is 53.9 Å². The number of hydrogen-bond acceptors (Lipinski definition) is 5. The van der Waals surface area contributed by atoms with Gasteiger partial charge in [-0.3, -0.25) is 4.79 Å². The molecule has 2 fully saturated rings. The van der Waals surface area contributed by atoms with Crippen molar-refractivity contribution >= 4 is 29.3 Å². The normalized spacial score (nSPS) is 21.0. The maximum atomic E-state index is 13.4. The van der Waals surface area contributed by atoms with Crippen LogP contribution < -0.4 is 10.3 Å². The maximum Gasteiger partial charge on any atom is 0.344 e. The zero-order valence-corrected chi connectivity index (χ0v) is 20.8. The first-order chi connectivity index (χ1) is 16.0. The Bertz CT molecular complexity index is 1220. The minimum absolute atomic E-state index is 0.0296. The summed E-state index contributed by atoms with van der Waals surface area (Å²) in [6.07, 6.45) is 1.08. The minimum atomic E-state index is -2.59. The first-order valence-corrected chi connectivity index (χ1v) is 12.8. The summed E-state index contributed by atoms with van der Waals surface area (Å²) in [5.41, 5.74) is 2.19. The van der Waals surface area contributed by atoms with Gasteiger partial charge in [-0.2, -0.15) is 0 Å². The SMILES string of the molecule is CC(C)OC(=O)c1cc2c(n(C3CC3)c1=O)-c1cc(Cl)c(OCC3CC(F)(F)C3)cc1SC2C. The van der Waals surface area contributed by atoms with Crippen molar-refractivity contribution in [1.29, 1.82) is 0 Å². The highest BCUT2D eigenvalue weighted by Crippen LogP contribution is 2.53. The number of benzene rings is 1. The molecule has 34 heavy (non-hydrogen) atoms. The monoisotopic (exact) mass is 509 g/mol. The summed E-state index contributed by atoms with van der Waals surface area (Å²) in [7, 11) is 0. The number of aromatic nitrogens is 1. The fourth-order valence-corrected chi connectivity index (χ4v) is 6.01. The Kier molecular flexibility index (Phi) is 5.96. The van der Waals surface area contributed by atoms with E-state index in [0.717, 1.165) is 34.6 Å². The van der Waals surface area contributed by atoms with Crippen molar-refractivity contribution in [3.05, 3.63) is 44.7 Å². The second kappa shape index (κ2) is 8.55. The molecule has 1 aromatic carbocycles. The number of halogens is 3. The van der Waals surface area contributed by atoms with E-state index in [1.54, 1.807) is 42.3 Å². The predicted molar refractivity (Wildman–Crippen MR) is 127 cm³/mol. The molecule has 1 aliphatic heterocycles. The molecule has 2 heterocycles. The molecule has 5 rings (SSSR count). The molecular weight excluding hydrogens is 484 g/mol. The number of carbonyl (C=O) groups is 1. The summed E-state index contributed by atoms with van der Waals surface area (Å²) in [5, 5.41) is 0.335. The lowest BCUT2D eigenvalue weighted by molar-refractivity contribution is -0.119. The smallest absolute Gasteiger partial charge is 0.344 e. The highest BCUT2D eigenvalue weighted by molar-refractivity contribution is 7.99. The second-order valence-corrected chi connectivity index (χ2v) is 11.5. The lowest BCUT2D eigenvalue weighted by Crippen LogP contribution is -2.38. The van der Waals surface area contributed by atoms with Gasteiger partial charge in [0.05, 0.1) is 23.4 Å². The molecule has 2 aliphatic carbocycles. The van der Waals surface area contributed by atoms with Crippen LogP contribution in [0.4, 0.5) is 8.78 Å². The van der Waals surface area contributed by atoms with E-state index in [9.17, 15) is 18.4 Å². The molecule has 0 saturated heterocycles. The van der Waals surface area contributed by atoms with Crippen molar-refractivity contribution in [1.82, 2.24) is 4.57 Å². The van der Waals surface area contributed by atoms with Gasteiger partial charge in [0.1, 0.15) is 11.3 Å². The summed E-state index contributed by atoms with van der Waals surface area (Å²) >= 11 is 8.13. The van der Waals surface area contributed by atoms with Crippen LogP contribution in [-0.2, 0) is 4.74 Å². The molecule has 2 aromatic rings. The Balaban J connectivity index is 1.54. The zero-order chi connectivity index (χ0) is 24.4. The summed E-state index contributed by atoms with van der Waals surface area (Å²) < 4.78 is 39.2. The van der Waals surface area contributed by atoms with Gasteiger partial charge in [-0.25, -0.2) is 13.6 Å². The van der Waals surface area contributed by atoms with E-state index in [1.807, 2.05) is 13.0 Å². The van der Waals surface area contributed by atoms with Gasteiger partial charge >= 0.3 is 5.97 Å². The average Bonchev–Trinajstić information content (AvgIpc) is 3.55. The van der Waals surface area contributed by atoms with Crippen LogP contribution in [0.2, 0.25) is 5.02 Å². The number of esters is 1. The third-order valence-corrected chi connectivity index (χ3v) is 7.91. The van der Waals surface area contributed by atoms with E-state index in [2.05, 4.69) is 0 Å². The van der Waals surface area contributed by atoms with Crippen LogP contribution in [0.1, 0.15) is 73.7 Å². The molecule has 3 aliphatic rings. The Morgan fingerprint density at radius 3 is 2.59 bits per heavy atom. The van der Waals surface area contributed by atoms with Gasteiger partial charge in [0.15, 0.2) is 0 Å². The number of alkyl halides is 2. The van der Waals surface area contributed by atoms with Crippen molar-refractivity contribution in [2.45, 2.75) is 74.7 Å². The second-order valence-electron chi connectivity index (χ2n) is 9.70. The lowest BCUT2D eigenvalue weighted by atomic mass is 9.82. The van der Waals surface area contributed by atoms with E-state index in [0.29, 0.717) is 10.8 Å². The fourth-order valence-electron chi connectivity index (χ4n) is 4.65. The van der Waals surface area contributed by atoms with E-state index in [1.165, 1.54) is 0 Å². The molecule has 0 bridgehead atoms. The molecule has 0 N–H and O–H groups in total. The number of thioether (sulfide) groups is 1. The molecule has 0 radical (unpaired) electrons. The van der Waals surface area contributed by atoms with Crippen LogP contribution in [-0.4, -0.2) is 29.2 Å². The third kappa shape index (κ3) is 4.35. The summed E-state index contributed by atoms with van der Waals surface area (Å²) in [6.45, 7) is 5.72. The van der Waals surface area contributed by atoms with Crippen molar-refractivity contribution in [3.63, 3.8) is 0 Å². The molecule has 2 saturated carbocycles. The molecule has 1 atom stereocenters. The van der Waals surface area contributed by atoms with Crippen LogP contribution in [0.25, 0.3) is 11.3 Å². The quantitative estimate of drug-likeness (QED) is 0.407. The number of nitrogens with zero attached hydrogens (tertiary/aromatic N) is 1. The number of ether oxygens (including phenoxy) is 2. The molecule has 1 unspecified atom stereocenters. The van der Waals surface area contributed by atoms with E-state index in [4.69, 9.17) is 21.1 Å². The highest BCUT2D eigenvalue weighted by atomic mass is 35.5. The topological polar surface area (TPSA) is 57.5 Å². The molecule has 182 valence electrons. The molecule has 9 heteroatoms. The number of hydrogen-bond donors (Lipinski definition) is 0. The van der Waals surface area contributed by atoms with Gasteiger partial charge in [-0.15, -0.1) is 11.8 Å². The van der Waals surface area contributed by atoms with Gasteiger partial charge in [0, 0.05) is 40.5 Å². The third-order valence-electron chi connectivity index (χ3n) is 6.42. The van der Waals surface area contributed by atoms with Crippen molar-refractivity contribution < 1.29 is 23.0 Å². The zero-order valence-electron chi connectivity index (χ0n) is 19.2. The standard InChI is InChI=1S/C25H26ClF2NO4S/c1-12(2)33-24(31)18-6-16-13(3)34-21-8-20(32-11-14-9-25(27,28)10-14)19(26)7-17(21)22(16)29(23(18)30)15-4-5-15/h6-8,12-15H,4-5,9-11H2,1-3H3. The molecule has 5 nitrogen and oxygen atoms in total. The lowest BCUT2D eigenvalue weighted by Gasteiger charge is -2.34. The first-order valence-electron chi connectivity index (χ1n) is 11.6. The fraction of sp³-hybridized carbons (Fsp3) is 0.520. The summed E-state index contributed by atoms with van der Waals surface area (Å²) in [4.78, 5) is 27.0. The van der Waals surface area contributed by atoms with Gasteiger partial charge in [0.25, 0.3) is 5.56 Å². The molecular formula is C25H26ClF2NO4S. The maximum absolute atomic E-state index is 13.4. The van der Waals surface area contributed by atoms with Crippen LogP contribution in [0.3, 0.4) is 0 Å². The van der Waals surface area contributed by atoms with Gasteiger partial charge in [0.2, 0.25) is 5.92 Å². The Morgan fingerprint density at radius 1 is 1.26 bits per heavy atom. The predicted octanol–water partition coefficient (Wildman–Crippen LogP) is 6.66. The summed E-state index contributed by atoms with van der Waals surface area (Å²) in [5.74, 6) is -2.92. The van der Waals surface area contributed by atoms with Crippen LogP contribution in [0.15, 0.2) is 27.9 Å². The number of carbonyl (C=O) groups excluding carboxylic acids is 1. The van der Waals surface area contributed by atoms with E-state index >= 15 is 0 Å². The van der Waals surface area contributed by atoms with Gasteiger partial charge < -0.3 is 14.0 Å². The van der Waals surface area contributed by atoms with Crippen molar-refractivity contribution in [2.24, 2.45) is 5.92 Å². The number of fused-ring (bicyclic) bond motifs is 3.